The van der Waals surface area contributed by atoms with Gasteiger partial charge in [0, 0.05) is 19.3 Å². The molecule has 0 N–H and O–H groups in total. The molecule has 2 aromatic rings. The van der Waals surface area contributed by atoms with Gasteiger partial charge in [0.1, 0.15) is 15.9 Å². The fourth-order valence-electron chi connectivity index (χ4n) is 1.90. The molecule has 0 saturated heterocycles. The van der Waals surface area contributed by atoms with E-state index >= 15 is 0 Å². The van der Waals surface area contributed by atoms with E-state index in [-0.39, 0.29) is 39.5 Å². The van der Waals surface area contributed by atoms with Crippen molar-refractivity contribution in [3.05, 3.63) is 28.1 Å². The molecule has 0 aliphatic carbocycles. The number of rotatable bonds is 5. The van der Waals surface area contributed by atoms with E-state index in [0.717, 1.165) is 6.07 Å². The predicted molar refractivity (Wildman–Crippen MR) is 79.0 cm³/mol. The summed E-state index contributed by atoms with van der Waals surface area (Å²) in [6.45, 7) is -1.29. The Hall–Kier alpha value is -1.93. The van der Waals surface area contributed by atoms with Crippen molar-refractivity contribution in [2.24, 2.45) is 7.05 Å². The van der Waals surface area contributed by atoms with Crippen LogP contribution in [0, 0.1) is 0 Å². The molecule has 0 spiro atoms. The molecule has 0 radical (unpaired) electrons. The van der Waals surface area contributed by atoms with Crippen LogP contribution in [0.5, 0.6) is 5.75 Å². The number of alkyl halides is 2. The molecule has 0 aliphatic rings. The van der Waals surface area contributed by atoms with Crippen molar-refractivity contribution < 1.29 is 23.0 Å². The average molecular weight is 366 g/mol. The quantitative estimate of drug-likeness (QED) is 0.598. The Bertz CT molecular complexity index is 737. The van der Waals surface area contributed by atoms with Gasteiger partial charge in [0.15, 0.2) is 5.69 Å². The van der Waals surface area contributed by atoms with Gasteiger partial charge in [-0.1, -0.05) is 23.2 Å². The second-order valence-electron chi connectivity index (χ2n) is 4.24. The Morgan fingerprint density at radius 1 is 1.43 bits per heavy atom. The van der Waals surface area contributed by atoms with Gasteiger partial charge in [0.25, 0.3) is 0 Å². The van der Waals surface area contributed by atoms with Crippen molar-refractivity contribution in [1.82, 2.24) is 14.8 Å². The minimum absolute atomic E-state index is 0.0340. The van der Waals surface area contributed by atoms with E-state index < -0.39 is 12.6 Å². The molecule has 0 aromatic carbocycles. The minimum Gasteiger partial charge on any atom is -0.461 e. The lowest BCUT2D eigenvalue weighted by Crippen LogP contribution is -2.06. The van der Waals surface area contributed by atoms with Gasteiger partial charge in [-0.25, -0.2) is 9.78 Å². The van der Waals surface area contributed by atoms with Gasteiger partial charge in [-0.15, -0.1) is 0 Å². The van der Waals surface area contributed by atoms with Crippen molar-refractivity contribution in [1.29, 1.82) is 0 Å². The number of aryl methyl sites for hydroxylation is 1. The second kappa shape index (κ2) is 7.10. The largest absolute Gasteiger partial charge is 0.461 e. The highest BCUT2D eigenvalue weighted by atomic mass is 35.5. The average Bonchev–Trinajstić information content (AvgIpc) is 2.75. The molecule has 124 valence electrons. The Kier molecular flexibility index (Phi) is 5.38. The summed E-state index contributed by atoms with van der Waals surface area (Å²) in [6, 6.07) is 1.12. The predicted octanol–water partition coefficient (Wildman–Crippen LogP) is 3.57. The van der Waals surface area contributed by atoms with Gasteiger partial charge in [-0.2, -0.15) is 13.9 Å². The molecule has 10 heteroatoms. The molecule has 0 unspecified atom stereocenters. The fraction of sp³-hybridized carbons (Fsp3) is 0.308. The maximum Gasteiger partial charge on any atom is 0.387 e. The van der Waals surface area contributed by atoms with Crippen molar-refractivity contribution >= 4 is 29.2 Å². The van der Waals surface area contributed by atoms with Crippen LogP contribution in [0.1, 0.15) is 17.4 Å². The molecule has 23 heavy (non-hydrogen) atoms. The Balaban J connectivity index is 2.57. The van der Waals surface area contributed by atoms with Crippen LogP contribution in [-0.2, 0) is 11.8 Å². The Morgan fingerprint density at radius 2 is 2.13 bits per heavy atom. The van der Waals surface area contributed by atoms with Crippen LogP contribution in [-0.4, -0.2) is 34.0 Å². The van der Waals surface area contributed by atoms with Crippen LogP contribution < -0.4 is 4.74 Å². The molecule has 0 fully saturated rings. The summed E-state index contributed by atoms with van der Waals surface area (Å²) >= 11 is 11.9. The van der Waals surface area contributed by atoms with Crippen LogP contribution in [0.15, 0.2) is 12.3 Å². The van der Waals surface area contributed by atoms with Crippen molar-refractivity contribution in [3.8, 4) is 17.0 Å². The number of halogens is 4. The molecular formula is C13H11Cl2F2N3O3. The lowest BCUT2D eigenvalue weighted by atomic mass is 10.1. The zero-order chi connectivity index (χ0) is 17.1. The summed E-state index contributed by atoms with van der Waals surface area (Å²) in [7, 11) is 1.49. The summed E-state index contributed by atoms with van der Waals surface area (Å²) in [5.41, 5.74) is 0.156. The lowest BCUT2D eigenvalue weighted by molar-refractivity contribution is -0.0495. The summed E-state index contributed by atoms with van der Waals surface area (Å²) in [6.07, 6.45) is 1.21. The number of nitrogens with zero attached hydrogens (tertiary/aromatic N) is 3. The van der Waals surface area contributed by atoms with Crippen LogP contribution in [0.2, 0.25) is 10.2 Å². The first-order valence-electron chi connectivity index (χ1n) is 6.35. The molecule has 2 aromatic heterocycles. The summed E-state index contributed by atoms with van der Waals surface area (Å²) in [5.74, 6) is -0.960. The highest BCUT2D eigenvalue weighted by Gasteiger charge is 2.25. The molecule has 2 heterocycles. The maximum absolute atomic E-state index is 12.6. The van der Waals surface area contributed by atoms with Gasteiger partial charge < -0.3 is 9.47 Å². The van der Waals surface area contributed by atoms with E-state index in [0.29, 0.717) is 0 Å². The number of carbonyl (C=O) groups excluding carboxylic acids is 1. The number of esters is 1. The minimum atomic E-state index is -3.07. The zero-order valence-electron chi connectivity index (χ0n) is 12.0. The van der Waals surface area contributed by atoms with Crippen LogP contribution in [0.4, 0.5) is 8.78 Å². The highest BCUT2D eigenvalue weighted by molar-refractivity contribution is 6.36. The topological polar surface area (TPSA) is 66.2 Å². The Labute approximate surface area is 139 Å². The normalized spacial score (nSPS) is 10.9. The van der Waals surface area contributed by atoms with Gasteiger partial charge >= 0.3 is 12.6 Å². The molecule has 0 atom stereocenters. The third-order valence-electron chi connectivity index (χ3n) is 2.76. The van der Waals surface area contributed by atoms with E-state index in [9.17, 15) is 13.6 Å². The fourth-order valence-corrected chi connectivity index (χ4v) is 2.39. The molecule has 0 aliphatic heterocycles. The maximum atomic E-state index is 12.6. The molecule has 0 saturated carbocycles. The lowest BCUT2D eigenvalue weighted by Gasteiger charge is -2.11. The molecule has 2 rings (SSSR count). The number of aromatic nitrogens is 3. The van der Waals surface area contributed by atoms with E-state index in [1.54, 1.807) is 6.92 Å². The molecule has 6 nitrogen and oxygen atoms in total. The standard InChI is InChI=1S/C13H11Cl2F2N3O3/c1-3-22-12(21)10-9(15)11(20(2)19-10)6-5-18-8(14)4-7(6)23-13(16)17/h4-5,13H,3H2,1-2H3. The van der Waals surface area contributed by atoms with E-state index in [1.165, 1.54) is 17.9 Å². The number of carbonyl (C=O) groups is 1. The van der Waals surface area contributed by atoms with Gasteiger partial charge in [-0.05, 0) is 6.92 Å². The third kappa shape index (κ3) is 3.70. The first kappa shape index (κ1) is 17.4. The van der Waals surface area contributed by atoms with Gasteiger partial charge in [0.05, 0.1) is 17.9 Å². The molecule has 0 bridgehead atoms. The SMILES string of the molecule is CCOC(=O)c1nn(C)c(-c2cnc(Cl)cc2OC(F)F)c1Cl. The number of pyridine rings is 1. The van der Waals surface area contributed by atoms with Gasteiger partial charge in [0.2, 0.25) is 0 Å². The number of ether oxygens (including phenoxy) is 2. The highest BCUT2D eigenvalue weighted by Crippen LogP contribution is 2.37. The molecular weight excluding hydrogens is 355 g/mol. The summed E-state index contributed by atoms with van der Waals surface area (Å²) < 4.78 is 35.7. The zero-order valence-corrected chi connectivity index (χ0v) is 13.5. The van der Waals surface area contributed by atoms with E-state index in [1.807, 2.05) is 0 Å². The van der Waals surface area contributed by atoms with Crippen LogP contribution >= 0.6 is 23.2 Å². The number of hydrogen-bond donors (Lipinski definition) is 0. The van der Waals surface area contributed by atoms with Crippen molar-refractivity contribution in [2.45, 2.75) is 13.5 Å². The second-order valence-corrected chi connectivity index (χ2v) is 5.00. The monoisotopic (exact) mass is 365 g/mol. The van der Waals surface area contributed by atoms with Crippen LogP contribution in [0.3, 0.4) is 0 Å². The smallest absolute Gasteiger partial charge is 0.387 e. The number of hydrogen-bond acceptors (Lipinski definition) is 5. The van der Waals surface area contributed by atoms with Crippen LogP contribution in [0.25, 0.3) is 11.3 Å². The summed E-state index contributed by atoms with van der Waals surface area (Å²) in [5, 5.41) is 3.86. The van der Waals surface area contributed by atoms with Crippen molar-refractivity contribution in [3.63, 3.8) is 0 Å². The third-order valence-corrected chi connectivity index (χ3v) is 3.33. The van der Waals surface area contributed by atoms with Crippen molar-refractivity contribution in [2.75, 3.05) is 6.61 Å². The Morgan fingerprint density at radius 3 is 2.74 bits per heavy atom. The first-order chi connectivity index (χ1) is 10.8. The molecule has 0 amide bonds. The van der Waals surface area contributed by atoms with E-state index in [2.05, 4.69) is 14.8 Å². The van der Waals surface area contributed by atoms with Gasteiger partial charge in [-0.3, -0.25) is 4.68 Å². The first-order valence-corrected chi connectivity index (χ1v) is 7.11. The summed E-state index contributed by atoms with van der Waals surface area (Å²) in [4.78, 5) is 15.6. The van der Waals surface area contributed by atoms with E-state index in [4.69, 9.17) is 27.9 Å².